The van der Waals surface area contributed by atoms with Gasteiger partial charge in [0.25, 0.3) is 0 Å². The Labute approximate surface area is 193 Å². The van der Waals surface area contributed by atoms with Crippen LogP contribution >= 0.6 is 0 Å². The fourth-order valence-corrected chi connectivity index (χ4v) is 4.82. The molecule has 33 heavy (non-hydrogen) atoms. The van der Waals surface area contributed by atoms with Gasteiger partial charge in [-0.25, -0.2) is 0 Å². The number of methoxy groups -OCH3 is 1. The molecule has 0 aliphatic carbocycles. The van der Waals surface area contributed by atoms with Crippen LogP contribution in [0.15, 0.2) is 54.6 Å². The van der Waals surface area contributed by atoms with E-state index in [0.29, 0.717) is 17.3 Å². The monoisotopic (exact) mass is 441 g/mol. The predicted molar refractivity (Wildman–Crippen MR) is 132 cm³/mol. The second kappa shape index (κ2) is 7.71. The highest BCUT2D eigenvalue weighted by molar-refractivity contribution is 6.02. The molecule has 0 aromatic heterocycles. The van der Waals surface area contributed by atoms with Crippen molar-refractivity contribution in [3.8, 4) is 28.4 Å². The molecule has 5 heteroatoms. The summed E-state index contributed by atoms with van der Waals surface area (Å²) >= 11 is 0. The van der Waals surface area contributed by atoms with Gasteiger partial charge in [0, 0.05) is 22.4 Å². The van der Waals surface area contributed by atoms with Crippen LogP contribution < -0.4 is 14.8 Å². The van der Waals surface area contributed by atoms with Crippen LogP contribution in [0.2, 0.25) is 0 Å². The summed E-state index contributed by atoms with van der Waals surface area (Å²) < 4.78 is 12.0. The van der Waals surface area contributed by atoms with Gasteiger partial charge in [-0.05, 0) is 61.7 Å². The van der Waals surface area contributed by atoms with E-state index in [1.807, 2.05) is 30.3 Å². The van der Waals surface area contributed by atoms with Crippen LogP contribution in [0.5, 0.6) is 17.2 Å². The highest BCUT2D eigenvalue weighted by Crippen LogP contribution is 2.54. The van der Waals surface area contributed by atoms with Gasteiger partial charge in [-0.2, -0.15) is 0 Å². The Balaban J connectivity index is 1.80. The minimum absolute atomic E-state index is 0.00575. The predicted octanol–water partition coefficient (Wildman–Crippen LogP) is 6.06. The number of nitrogens with one attached hydrogen (secondary N) is 1. The van der Waals surface area contributed by atoms with E-state index < -0.39 is 0 Å². The van der Waals surface area contributed by atoms with E-state index in [1.165, 1.54) is 0 Å². The molecule has 0 atom stereocenters. The molecular weight excluding hydrogens is 414 g/mol. The summed E-state index contributed by atoms with van der Waals surface area (Å²) in [5.74, 6) is 1.81. The molecule has 0 amide bonds. The summed E-state index contributed by atoms with van der Waals surface area (Å²) in [5.41, 5.74) is 7.54. The number of ether oxygens (including phenoxy) is 2. The Morgan fingerprint density at radius 2 is 1.76 bits per heavy atom. The van der Waals surface area contributed by atoms with Crippen LogP contribution in [-0.2, 0) is 6.61 Å². The first-order valence-corrected chi connectivity index (χ1v) is 11.0. The number of aromatic hydroxyl groups is 1. The summed E-state index contributed by atoms with van der Waals surface area (Å²) in [4.78, 5) is 0. The number of benzene rings is 3. The maximum atomic E-state index is 10.5. The molecule has 0 saturated carbocycles. The van der Waals surface area contributed by atoms with E-state index in [0.717, 1.165) is 44.6 Å². The quantitative estimate of drug-likeness (QED) is 0.461. The summed E-state index contributed by atoms with van der Waals surface area (Å²) in [7, 11) is 1.55. The van der Waals surface area contributed by atoms with E-state index in [2.05, 4.69) is 44.3 Å². The number of fused-ring (bicyclic) bond motifs is 5. The Kier molecular flexibility index (Phi) is 4.94. The van der Waals surface area contributed by atoms with E-state index >= 15 is 0 Å². The van der Waals surface area contributed by atoms with Crippen molar-refractivity contribution in [2.45, 2.75) is 32.9 Å². The van der Waals surface area contributed by atoms with Gasteiger partial charge < -0.3 is 25.0 Å². The number of hydrogen-bond donors (Lipinski definition) is 3. The van der Waals surface area contributed by atoms with Gasteiger partial charge in [-0.1, -0.05) is 36.4 Å². The van der Waals surface area contributed by atoms with Crippen LogP contribution in [0, 0.1) is 0 Å². The topological polar surface area (TPSA) is 71.0 Å². The highest BCUT2D eigenvalue weighted by Gasteiger charge is 2.33. The van der Waals surface area contributed by atoms with E-state index in [-0.39, 0.29) is 17.9 Å². The maximum absolute atomic E-state index is 10.5. The molecule has 2 aliphatic heterocycles. The molecule has 0 spiro atoms. The smallest absolute Gasteiger partial charge is 0.172 e. The second-order valence-corrected chi connectivity index (χ2v) is 9.09. The minimum atomic E-state index is -0.168. The highest BCUT2D eigenvalue weighted by atomic mass is 16.5. The average molecular weight is 442 g/mol. The molecule has 2 aliphatic rings. The van der Waals surface area contributed by atoms with Gasteiger partial charge in [0.2, 0.25) is 0 Å². The van der Waals surface area contributed by atoms with Crippen molar-refractivity contribution in [3.05, 3.63) is 76.9 Å². The molecule has 5 nitrogen and oxygen atoms in total. The third-order valence-electron chi connectivity index (χ3n) is 6.13. The first kappa shape index (κ1) is 21.2. The molecule has 0 saturated heterocycles. The number of phenolic OH excluding ortho intramolecular Hbond substituents is 1. The summed E-state index contributed by atoms with van der Waals surface area (Å²) in [6.45, 7) is 6.41. The van der Waals surface area contributed by atoms with Crippen molar-refractivity contribution < 1.29 is 19.7 Å². The Bertz CT molecular complexity index is 1320. The molecule has 3 aromatic rings. The van der Waals surface area contributed by atoms with Gasteiger partial charge >= 0.3 is 0 Å². The van der Waals surface area contributed by atoms with E-state index in [1.54, 1.807) is 19.2 Å². The van der Waals surface area contributed by atoms with Gasteiger partial charge in [-0.15, -0.1) is 0 Å². The second-order valence-electron chi connectivity index (χ2n) is 9.09. The first-order chi connectivity index (χ1) is 15.8. The van der Waals surface area contributed by atoms with Gasteiger partial charge in [0.15, 0.2) is 11.5 Å². The first-order valence-electron chi connectivity index (χ1n) is 11.0. The normalized spacial score (nSPS) is 16.6. The van der Waals surface area contributed by atoms with Crippen molar-refractivity contribution in [2.24, 2.45) is 0 Å². The number of rotatable bonds is 3. The fraction of sp³-hybridized carbons (Fsp3) is 0.214. The Hall–Kier alpha value is -3.70. The van der Waals surface area contributed by atoms with Crippen molar-refractivity contribution in [2.75, 3.05) is 12.4 Å². The zero-order valence-corrected chi connectivity index (χ0v) is 19.2. The van der Waals surface area contributed by atoms with Crippen molar-refractivity contribution >= 4 is 23.1 Å². The van der Waals surface area contributed by atoms with Gasteiger partial charge in [0.1, 0.15) is 11.5 Å². The molecule has 168 valence electrons. The molecule has 0 bridgehead atoms. The lowest BCUT2D eigenvalue weighted by atomic mass is 9.83. The molecule has 0 radical (unpaired) electrons. The molecule has 0 unspecified atom stereocenters. The zero-order chi connectivity index (χ0) is 23.3. The SMILES string of the molecule is COc1c(O)ccc2c1-c1ccc3c(c1C(=Cc1ccc(CO)cc1)O2)C(C)=CC(C)(C)N3. The number of phenols is 1. The molecule has 2 heterocycles. The molecule has 3 aromatic carbocycles. The molecule has 3 N–H and O–H groups in total. The third-order valence-corrected chi connectivity index (χ3v) is 6.13. The molecule has 0 fully saturated rings. The zero-order valence-electron chi connectivity index (χ0n) is 19.2. The van der Waals surface area contributed by atoms with Crippen LogP contribution in [0.3, 0.4) is 0 Å². The standard InChI is InChI=1S/C28H27NO4/c1-16-14-28(2,3)29-20-10-9-19-25(24(16)20)23(13-17-5-7-18(15-30)8-6-17)33-22-12-11-21(31)27(32-4)26(19)22/h5-14,29-31H,15H2,1-4H3. The maximum Gasteiger partial charge on any atom is 0.172 e. The van der Waals surface area contributed by atoms with Crippen LogP contribution in [0.1, 0.15) is 43.0 Å². The number of aliphatic hydroxyl groups is 1. The summed E-state index contributed by atoms with van der Waals surface area (Å²) in [6, 6.07) is 15.2. The van der Waals surface area contributed by atoms with Crippen molar-refractivity contribution in [1.82, 2.24) is 0 Å². The lowest BCUT2D eigenvalue weighted by Crippen LogP contribution is -2.32. The van der Waals surface area contributed by atoms with Crippen LogP contribution in [-0.4, -0.2) is 22.9 Å². The van der Waals surface area contributed by atoms with Gasteiger partial charge in [0.05, 0.1) is 24.8 Å². The number of anilines is 1. The molecular formula is C28H27NO4. The largest absolute Gasteiger partial charge is 0.504 e. The average Bonchev–Trinajstić information content (AvgIpc) is 2.78. The number of hydrogen-bond acceptors (Lipinski definition) is 5. The van der Waals surface area contributed by atoms with Crippen LogP contribution in [0.4, 0.5) is 5.69 Å². The fourth-order valence-electron chi connectivity index (χ4n) is 4.82. The number of allylic oxidation sites excluding steroid dienone is 1. The van der Waals surface area contributed by atoms with Crippen LogP contribution in [0.25, 0.3) is 28.5 Å². The summed E-state index contributed by atoms with van der Waals surface area (Å²) in [5, 5.41) is 23.5. The van der Waals surface area contributed by atoms with Gasteiger partial charge in [-0.3, -0.25) is 0 Å². The van der Waals surface area contributed by atoms with E-state index in [9.17, 15) is 10.2 Å². The minimum Gasteiger partial charge on any atom is -0.504 e. The van der Waals surface area contributed by atoms with Crippen molar-refractivity contribution in [3.63, 3.8) is 0 Å². The van der Waals surface area contributed by atoms with E-state index in [4.69, 9.17) is 9.47 Å². The Morgan fingerprint density at radius 3 is 2.45 bits per heavy atom. The molecule has 5 rings (SSSR count). The Morgan fingerprint density at radius 1 is 1.00 bits per heavy atom. The third kappa shape index (κ3) is 3.55. The van der Waals surface area contributed by atoms with Crippen molar-refractivity contribution in [1.29, 1.82) is 0 Å². The summed E-state index contributed by atoms with van der Waals surface area (Å²) in [6.07, 6.45) is 4.23. The lowest BCUT2D eigenvalue weighted by Gasteiger charge is -2.35. The lowest BCUT2D eigenvalue weighted by molar-refractivity contribution is 0.282. The number of aliphatic hydroxyl groups excluding tert-OH is 1.